The standard InChI is InChI=1S/C24H20ClN3O3S2/c1-2-28(20-6-4-3-5-7-20)33(30,31)21-14-10-18(11-15-21)23(29)27-24-26-22(16-32-24)17-8-12-19(25)13-9-17/h3-16H,2H2,1H3,(H,26,27,29). The second kappa shape index (κ2) is 9.74. The Bertz CT molecular complexity index is 1350. The zero-order valence-corrected chi connectivity index (χ0v) is 20.0. The minimum absolute atomic E-state index is 0.115. The van der Waals surface area contributed by atoms with Crippen LogP contribution in [0.4, 0.5) is 10.8 Å². The van der Waals surface area contributed by atoms with E-state index in [0.29, 0.717) is 21.4 Å². The Labute approximate surface area is 201 Å². The van der Waals surface area contributed by atoms with Crippen LogP contribution in [0, 0.1) is 0 Å². The van der Waals surface area contributed by atoms with Crippen molar-refractivity contribution in [2.24, 2.45) is 0 Å². The molecule has 0 saturated carbocycles. The van der Waals surface area contributed by atoms with Crippen LogP contribution in [0.15, 0.2) is 89.1 Å². The second-order valence-electron chi connectivity index (χ2n) is 7.03. The monoisotopic (exact) mass is 497 g/mol. The summed E-state index contributed by atoms with van der Waals surface area (Å²) in [6, 6.07) is 22.0. The summed E-state index contributed by atoms with van der Waals surface area (Å²) in [4.78, 5) is 17.2. The largest absolute Gasteiger partial charge is 0.298 e. The van der Waals surface area contributed by atoms with Crippen LogP contribution >= 0.6 is 22.9 Å². The van der Waals surface area contributed by atoms with Crippen molar-refractivity contribution in [1.82, 2.24) is 4.98 Å². The molecule has 0 aliphatic carbocycles. The van der Waals surface area contributed by atoms with Crippen molar-refractivity contribution in [1.29, 1.82) is 0 Å². The minimum atomic E-state index is -3.75. The van der Waals surface area contributed by atoms with E-state index >= 15 is 0 Å². The number of para-hydroxylation sites is 1. The highest BCUT2D eigenvalue weighted by Gasteiger charge is 2.23. The Balaban J connectivity index is 1.49. The summed E-state index contributed by atoms with van der Waals surface area (Å²) in [5.74, 6) is -0.369. The first-order chi connectivity index (χ1) is 15.9. The van der Waals surface area contributed by atoms with Crippen LogP contribution in [0.25, 0.3) is 11.3 Å². The zero-order chi connectivity index (χ0) is 23.4. The van der Waals surface area contributed by atoms with Gasteiger partial charge in [0.25, 0.3) is 15.9 Å². The molecule has 0 saturated heterocycles. The topological polar surface area (TPSA) is 79.4 Å². The van der Waals surface area contributed by atoms with Crippen molar-refractivity contribution in [3.8, 4) is 11.3 Å². The number of benzene rings is 3. The molecular formula is C24H20ClN3O3S2. The zero-order valence-electron chi connectivity index (χ0n) is 17.6. The van der Waals surface area contributed by atoms with E-state index in [2.05, 4.69) is 10.3 Å². The first-order valence-electron chi connectivity index (χ1n) is 10.1. The normalized spacial score (nSPS) is 11.2. The number of nitrogens with one attached hydrogen (secondary N) is 1. The summed E-state index contributed by atoms with van der Waals surface area (Å²) < 4.78 is 27.5. The molecule has 3 aromatic carbocycles. The fourth-order valence-electron chi connectivity index (χ4n) is 3.24. The number of aromatic nitrogens is 1. The lowest BCUT2D eigenvalue weighted by atomic mass is 10.2. The van der Waals surface area contributed by atoms with Gasteiger partial charge in [0.2, 0.25) is 0 Å². The van der Waals surface area contributed by atoms with Gasteiger partial charge in [-0.1, -0.05) is 41.9 Å². The highest BCUT2D eigenvalue weighted by Crippen LogP contribution is 2.27. The number of hydrogen-bond acceptors (Lipinski definition) is 5. The summed E-state index contributed by atoms with van der Waals surface area (Å²) in [6.07, 6.45) is 0. The van der Waals surface area contributed by atoms with Gasteiger partial charge >= 0.3 is 0 Å². The molecule has 9 heteroatoms. The van der Waals surface area contributed by atoms with Gasteiger partial charge in [0.15, 0.2) is 5.13 Å². The lowest BCUT2D eigenvalue weighted by molar-refractivity contribution is 0.102. The van der Waals surface area contributed by atoms with E-state index in [0.717, 1.165) is 11.3 Å². The van der Waals surface area contributed by atoms with Crippen LogP contribution in [-0.4, -0.2) is 25.9 Å². The molecule has 4 aromatic rings. The summed E-state index contributed by atoms with van der Waals surface area (Å²) in [7, 11) is -3.75. The van der Waals surface area contributed by atoms with Crippen LogP contribution in [-0.2, 0) is 10.0 Å². The molecule has 1 amide bonds. The highest BCUT2D eigenvalue weighted by atomic mass is 35.5. The van der Waals surface area contributed by atoms with Crippen LogP contribution < -0.4 is 9.62 Å². The van der Waals surface area contributed by atoms with Gasteiger partial charge in [-0.2, -0.15) is 0 Å². The number of carbonyl (C=O) groups excluding carboxylic acids is 1. The number of halogens is 1. The van der Waals surface area contributed by atoms with E-state index in [4.69, 9.17) is 11.6 Å². The van der Waals surface area contributed by atoms with Gasteiger partial charge in [-0.25, -0.2) is 13.4 Å². The Morgan fingerprint density at radius 2 is 1.67 bits per heavy atom. The predicted molar refractivity (Wildman–Crippen MR) is 134 cm³/mol. The third kappa shape index (κ3) is 5.08. The van der Waals surface area contributed by atoms with Crippen LogP contribution in [0.3, 0.4) is 0 Å². The van der Waals surface area contributed by atoms with E-state index in [1.54, 1.807) is 43.3 Å². The van der Waals surface area contributed by atoms with Gasteiger partial charge in [-0.05, 0) is 55.5 Å². The lowest BCUT2D eigenvalue weighted by Crippen LogP contribution is -2.30. The van der Waals surface area contributed by atoms with E-state index in [1.165, 1.54) is 39.9 Å². The predicted octanol–water partition coefficient (Wildman–Crippen LogP) is 5.93. The number of hydrogen-bond donors (Lipinski definition) is 1. The summed E-state index contributed by atoms with van der Waals surface area (Å²) >= 11 is 7.23. The number of rotatable bonds is 7. The number of amides is 1. The fraction of sp³-hybridized carbons (Fsp3) is 0.0833. The van der Waals surface area contributed by atoms with Gasteiger partial charge in [0, 0.05) is 28.1 Å². The minimum Gasteiger partial charge on any atom is -0.298 e. The van der Waals surface area contributed by atoms with Gasteiger partial charge in [0.1, 0.15) is 0 Å². The van der Waals surface area contributed by atoms with Gasteiger partial charge < -0.3 is 0 Å². The van der Waals surface area contributed by atoms with E-state index in [1.807, 2.05) is 23.6 Å². The van der Waals surface area contributed by atoms with Crippen LogP contribution in [0.5, 0.6) is 0 Å². The molecule has 6 nitrogen and oxygen atoms in total. The number of sulfonamides is 1. The van der Waals surface area contributed by atoms with Gasteiger partial charge in [0.05, 0.1) is 16.3 Å². The third-order valence-electron chi connectivity index (χ3n) is 4.90. The molecular weight excluding hydrogens is 478 g/mol. The van der Waals surface area contributed by atoms with E-state index < -0.39 is 10.0 Å². The molecule has 1 N–H and O–H groups in total. The summed E-state index contributed by atoms with van der Waals surface area (Å²) in [5.41, 5.74) is 2.54. The van der Waals surface area contributed by atoms with Crippen LogP contribution in [0.2, 0.25) is 5.02 Å². The number of thiazole rings is 1. The quantitative estimate of drug-likeness (QED) is 0.343. The first-order valence-corrected chi connectivity index (χ1v) is 12.8. The van der Waals surface area contributed by atoms with Gasteiger partial charge in [-0.3, -0.25) is 14.4 Å². The molecule has 1 heterocycles. The third-order valence-corrected chi connectivity index (χ3v) is 7.83. The van der Waals surface area contributed by atoms with Crippen molar-refractivity contribution < 1.29 is 13.2 Å². The van der Waals surface area contributed by atoms with Crippen molar-refractivity contribution >= 4 is 49.7 Å². The Hall–Kier alpha value is -3.20. The smallest absolute Gasteiger partial charge is 0.264 e. The summed E-state index contributed by atoms with van der Waals surface area (Å²) in [5, 5.41) is 5.69. The Morgan fingerprint density at radius 1 is 1.00 bits per heavy atom. The summed E-state index contributed by atoms with van der Waals surface area (Å²) in [6.45, 7) is 2.06. The SMILES string of the molecule is CCN(c1ccccc1)S(=O)(=O)c1ccc(C(=O)Nc2nc(-c3ccc(Cl)cc3)cs2)cc1. The molecule has 0 spiro atoms. The number of carbonyl (C=O) groups is 1. The molecule has 0 bridgehead atoms. The average Bonchev–Trinajstić information content (AvgIpc) is 3.29. The first kappa shape index (κ1) is 23.0. The van der Waals surface area contributed by atoms with E-state index in [-0.39, 0.29) is 17.3 Å². The molecule has 168 valence electrons. The molecule has 0 aliphatic rings. The molecule has 4 rings (SSSR count). The highest BCUT2D eigenvalue weighted by molar-refractivity contribution is 7.92. The molecule has 0 fully saturated rings. The molecule has 0 radical (unpaired) electrons. The molecule has 1 aromatic heterocycles. The lowest BCUT2D eigenvalue weighted by Gasteiger charge is -2.22. The molecule has 0 aliphatic heterocycles. The van der Waals surface area contributed by atoms with Crippen molar-refractivity contribution in [2.75, 3.05) is 16.2 Å². The molecule has 0 unspecified atom stereocenters. The second-order valence-corrected chi connectivity index (χ2v) is 10.2. The van der Waals surface area contributed by atoms with Crippen LogP contribution in [0.1, 0.15) is 17.3 Å². The molecule has 0 atom stereocenters. The van der Waals surface area contributed by atoms with Gasteiger partial charge in [-0.15, -0.1) is 11.3 Å². The number of anilines is 2. The van der Waals surface area contributed by atoms with Crippen molar-refractivity contribution in [3.63, 3.8) is 0 Å². The fourth-order valence-corrected chi connectivity index (χ4v) is 5.56. The van der Waals surface area contributed by atoms with Crippen molar-refractivity contribution in [3.05, 3.63) is 94.8 Å². The van der Waals surface area contributed by atoms with Crippen molar-refractivity contribution in [2.45, 2.75) is 11.8 Å². The maximum Gasteiger partial charge on any atom is 0.264 e. The maximum atomic E-state index is 13.1. The maximum absolute atomic E-state index is 13.1. The van der Waals surface area contributed by atoms with E-state index in [9.17, 15) is 13.2 Å². The average molecular weight is 498 g/mol. The Morgan fingerprint density at radius 3 is 2.30 bits per heavy atom. The Kier molecular flexibility index (Phi) is 6.78. The number of nitrogens with zero attached hydrogens (tertiary/aromatic N) is 2. The molecule has 33 heavy (non-hydrogen) atoms.